The number of hydroxylamine groups is 1. The normalized spacial score (nSPS) is 18.9. The molecule has 2 N–H and O–H groups in total. The third-order valence-electron chi connectivity index (χ3n) is 6.96. The lowest BCUT2D eigenvalue weighted by Gasteiger charge is -2.26. The fourth-order valence-electron chi connectivity index (χ4n) is 4.71. The van der Waals surface area contributed by atoms with E-state index in [2.05, 4.69) is 40.0 Å². The van der Waals surface area contributed by atoms with Crippen LogP contribution >= 0.6 is 0 Å². The fourth-order valence-corrected chi connectivity index (χ4v) is 4.71. The minimum Gasteiger partial charge on any atom is -0.489 e. The van der Waals surface area contributed by atoms with E-state index in [9.17, 15) is 4.79 Å². The van der Waals surface area contributed by atoms with Gasteiger partial charge in [0.05, 0.1) is 13.2 Å². The smallest absolute Gasteiger partial charge is 0.243 e. The Bertz CT molecular complexity index is 997. The molecule has 0 saturated carbocycles. The Morgan fingerprint density at radius 2 is 1.92 bits per heavy atom. The van der Waals surface area contributed by atoms with Crippen LogP contribution in [0.3, 0.4) is 0 Å². The molecule has 2 aromatic carbocycles. The summed E-state index contributed by atoms with van der Waals surface area (Å²) >= 11 is 0. The molecular formula is C30H43N3O5. The van der Waals surface area contributed by atoms with Gasteiger partial charge in [0.2, 0.25) is 5.91 Å². The Hall–Kier alpha value is -2.49. The number of carbonyl (C=O) groups excluding carboxylic acids is 1. The van der Waals surface area contributed by atoms with Gasteiger partial charge < -0.3 is 19.5 Å². The first-order valence-electron chi connectivity index (χ1n) is 14.1. The van der Waals surface area contributed by atoms with E-state index < -0.39 is 0 Å². The van der Waals surface area contributed by atoms with Gasteiger partial charge >= 0.3 is 0 Å². The van der Waals surface area contributed by atoms with Gasteiger partial charge in [-0.1, -0.05) is 42.5 Å². The molecule has 38 heavy (non-hydrogen) atoms. The van der Waals surface area contributed by atoms with E-state index in [0.29, 0.717) is 19.6 Å². The summed E-state index contributed by atoms with van der Waals surface area (Å²) in [5, 5.41) is 5.89. The molecule has 2 saturated heterocycles. The Kier molecular flexibility index (Phi) is 12.4. The lowest BCUT2D eigenvalue weighted by molar-refractivity contribution is -0.200. The number of nitrogens with zero attached hydrogens (tertiary/aromatic N) is 1. The van der Waals surface area contributed by atoms with Crippen molar-refractivity contribution in [1.82, 2.24) is 15.7 Å². The van der Waals surface area contributed by atoms with E-state index in [-0.39, 0.29) is 12.2 Å². The van der Waals surface area contributed by atoms with Gasteiger partial charge in [0.15, 0.2) is 6.29 Å². The number of nitrogens with one attached hydrogen (secondary N) is 2. The second kappa shape index (κ2) is 16.5. The summed E-state index contributed by atoms with van der Waals surface area (Å²) < 4.78 is 17.2. The second-order valence-corrected chi connectivity index (χ2v) is 9.94. The molecule has 0 aliphatic carbocycles. The molecule has 1 atom stereocenters. The molecule has 8 heteroatoms. The van der Waals surface area contributed by atoms with E-state index in [4.69, 9.17) is 19.0 Å². The van der Waals surface area contributed by atoms with Crippen LogP contribution in [0.5, 0.6) is 5.75 Å². The van der Waals surface area contributed by atoms with Crippen LogP contribution in [0.1, 0.15) is 44.9 Å². The van der Waals surface area contributed by atoms with Crippen molar-refractivity contribution in [2.24, 2.45) is 0 Å². The first-order chi connectivity index (χ1) is 18.8. The van der Waals surface area contributed by atoms with Gasteiger partial charge in [-0.05, 0) is 49.1 Å². The van der Waals surface area contributed by atoms with Crippen molar-refractivity contribution in [3.63, 3.8) is 0 Å². The highest BCUT2D eigenvalue weighted by atomic mass is 16.8. The van der Waals surface area contributed by atoms with Crippen molar-refractivity contribution in [3.8, 4) is 5.75 Å². The van der Waals surface area contributed by atoms with Gasteiger partial charge in [-0.25, -0.2) is 10.3 Å². The van der Waals surface area contributed by atoms with Crippen LogP contribution in [0.4, 0.5) is 0 Å². The number of hydrogen-bond donors (Lipinski definition) is 2. The average molecular weight is 526 g/mol. The molecule has 208 valence electrons. The average Bonchev–Trinajstić information content (AvgIpc) is 2.97. The monoisotopic (exact) mass is 525 g/mol. The highest BCUT2D eigenvalue weighted by molar-refractivity contribution is 5.88. The van der Waals surface area contributed by atoms with Crippen LogP contribution in [0.2, 0.25) is 0 Å². The van der Waals surface area contributed by atoms with Gasteiger partial charge in [-0.3, -0.25) is 9.69 Å². The summed E-state index contributed by atoms with van der Waals surface area (Å²) in [5.41, 5.74) is 3.77. The van der Waals surface area contributed by atoms with Crippen molar-refractivity contribution in [1.29, 1.82) is 0 Å². The maximum atomic E-state index is 12.1. The highest BCUT2D eigenvalue weighted by Gasteiger charge is 2.15. The van der Waals surface area contributed by atoms with Crippen molar-refractivity contribution in [2.75, 3.05) is 59.2 Å². The maximum Gasteiger partial charge on any atom is 0.243 e. The largest absolute Gasteiger partial charge is 0.489 e. The second-order valence-electron chi connectivity index (χ2n) is 9.94. The summed E-state index contributed by atoms with van der Waals surface area (Å²) in [7, 11) is 0. The van der Waals surface area contributed by atoms with E-state index in [1.165, 1.54) is 11.0 Å². The van der Waals surface area contributed by atoms with Gasteiger partial charge in [-0.15, -0.1) is 0 Å². The SMILES string of the molecule is O=C(CCCC/C=C(/CNCCN1CCOCC1)COc1cccc2ccccc12)NOC1CCCCO1. The molecule has 2 fully saturated rings. The van der Waals surface area contributed by atoms with Crippen LogP contribution < -0.4 is 15.5 Å². The minimum absolute atomic E-state index is 0.0903. The zero-order chi connectivity index (χ0) is 26.3. The molecule has 2 heterocycles. The molecule has 0 bridgehead atoms. The van der Waals surface area contributed by atoms with Crippen LogP contribution in [0.15, 0.2) is 54.1 Å². The summed E-state index contributed by atoms with van der Waals surface area (Å²) in [6.07, 6.45) is 7.99. The standard InChI is InChI=1S/C30H43N3O5/c34-29(32-38-30-15-6-7-20-36-30)14-3-1-2-9-25(23-31-16-17-33-18-21-35-22-19-33)24-37-28-13-8-11-26-10-4-5-12-27(26)28/h4-5,8-13,30-31H,1-3,6-7,14-24H2,(H,32,34)/b25-9-. The third kappa shape index (κ3) is 10.0. The van der Waals surface area contributed by atoms with Crippen LogP contribution in [-0.4, -0.2) is 76.2 Å². The van der Waals surface area contributed by atoms with Gasteiger partial charge in [-0.2, -0.15) is 0 Å². The lowest BCUT2D eigenvalue weighted by Crippen LogP contribution is -2.40. The number of hydrogen-bond acceptors (Lipinski definition) is 7. The Morgan fingerprint density at radius 3 is 2.79 bits per heavy atom. The zero-order valence-corrected chi connectivity index (χ0v) is 22.5. The number of allylic oxidation sites excluding steroid dienone is 1. The predicted molar refractivity (Wildman–Crippen MR) is 149 cm³/mol. The van der Waals surface area contributed by atoms with Crippen LogP contribution in [-0.2, 0) is 19.1 Å². The Labute approximate surface area is 226 Å². The highest BCUT2D eigenvalue weighted by Crippen LogP contribution is 2.25. The van der Waals surface area contributed by atoms with Crippen LogP contribution in [0.25, 0.3) is 10.8 Å². The number of amides is 1. The molecule has 0 aromatic heterocycles. The number of rotatable bonds is 15. The molecule has 4 rings (SSSR count). The molecule has 2 aliphatic rings. The molecule has 0 radical (unpaired) electrons. The minimum atomic E-state index is -0.310. The number of fused-ring (bicyclic) bond motifs is 1. The first-order valence-corrected chi connectivity index (χ1v) is 14.1. The lowest BCUT2D eigenvalue weighted by atomic mass is 10.1. The quantitative estimate of drug-likeness (QED) is 0.205. The van der Waals surface area contributed by atoms with E-state index in [1.54, 1.807) is 0 Å². The molecule has 0 spiro atoms. The molecule has 8 nitrogen and oxygen atoms in total. The van der Waals surface area contributed by atoms with Crippen molar-refractivity contribution in [3.05, 3.63) is 54.1 Å². The summed E-state index contributed by atoms with van der Waals surface area (Å²) in [5.74, 6) is 0.813. The molecule has 1 unspecified atom stereocenters. The number of benzene rings is 2. The molecular weight excluding hydrogens is 482 g/mol. The van der Waals surface area contributed by atoms with Gasteiger partial charge in [0.1, 0.15) is 12.4 Å². The van der Waals surface area contributed by atoms with Gasteiger partial charge in [0, 0.05) is 57.6 Å². The number of ether oxygens (including phenoxy) is 3. The van der Waals surface area contributed by atoms with Crippen molar-refractivity contribution >= 4 is 16.7 Å². The van der Waals surface area contributed by atoms with Crippen molar-refractivity contribution < 1.29 is 23.8 Å². The number of unbranched alkanes of at least 4 members (excludes halogenated alkanes) is 2. The van der Waals surface area contributed by atoms with E-state index in [1.807, 2.05) is 24.3 Å². The topological polar surface area (TPSA) is 81.3 Å². The van der Waals surface area contributed by atoms with Gasteiger partial charge in [0.25, 0.3) is 0 Å². The third-order valence-corrected chi connectivity index (χ3v) is 6.96. The van der Waals surface area contributed by atoms with Crippen LogP contribution in [0, 0.1) is 0 Å². The maximum absolute atomic E-state index is 12.1. The summed E-state index contributed by atoms with van der Waals surface area (Å²) in [6.45, 7) is 7.60. The molecule has 2 aromatic rings. The molecule has 2 aliphatic heterocycles. The molecule has 1 amide bonds. The summed E-state index contributed by atoms with van der Waals surface area (Å²) in [4.78, 5) is 19.9. The number of morpholine rings is 1. The van der Waals surface area contributed by atoms with E-state index >= 15 is 0 Å². The van der Waals surface area contributed by atoms with E-state index in [0.717, 1.165) is 95.6 Å². The first kappa shape index (κ1) is 28.5. The Balaban J connectivity index is 1.21. The number of carbonyl (C=O) groups is 1. The Morgan fingerprint density at radius 1 is 1.05 bits per heavy atom. The fraction of sp³-hybridized carbons (Fsp3) is 0.567. The zero-order valence-electron chi connectivity index (χ0n) is 22.5. The van der Waals surface area contributed by atoms with Crippen molar-refractivity contribution in [2.45, 2.75) is 51.2 Å². The predicted octanol–water partition coefficient (Wildman–Crippen LogP) is 4.20. The summed E-state index contributed by atoms with van der Waals surface area (Å²) in [6, 6.07) is 14.5.